The molecule has 108 valence electrons. The number of amides is 2. The quantitative estimate of drug-likeness (QED) is 0.800. The fourth-order valence-corrected chi connectivity index (χ4v) is 1.46. The highest BCUT2D eigenvalue weighted by atomic mass is 35.5. The smallest absolute Gasteiger partial charge is 0.287 e. The maximum atomic E-state index is 11.9. The molecule has 0 aliphatic carbocycles. The predicted molar refractivity (Wildman–Crippen MR) is 74.4 cm³/mol. The number of likely N-dealkylation sites (N-methyl/N-ethyl adjacent to an activating group) is 2. The first kappa shape index (κ1) is 17.5. The normalized spacial score (nSPS) is 11.3. The van der Waals surface area contributed by atoms with Gasteiger partial charge in [-0.15, -0.1) is 12.4 Å². The summed E-state index contributed by atoms with van der Waals surface area (Å²) in [4.78, 5) is 25.1. The Bertz CT molecular complexity index is 395. The van der Waals surface area contributed by atoms with Crippen molar-refractivity contribution in [3.63, 3.8) is 0 Å². The van der Waals surface area contributed by atoms with E-state index in [1.807, 2.05) is 7.05 Å². The van der Waals surface area contributed by atoms with E-state index in [4.69, 9.17) is 4.42 Å². The summed E-state index contributed by atoms with van der Waals surface area (Å²) in [6.45, 7) is 2.95. The molecule has 2 N–H and O–H groups in total. The highest BCUT2D eigenvalue weighted by Crippen LogP contribution is 2.01. The number of hydrogen-bond acceptors (Lipinski definition) is 4. The van der Waals surface area contributed by atoms with Gasteiger partial charge in [-0.3, -0.25) is 9.59 Å². The second-order valence-corrected chi connectivity index (χ2v) is 4.04. The van der Waals surface area contributed by atoms with E-state index in [9.17, 15) is 9.59 Å². The minimum Gasteiger partial charge on any atom is -0.459 e. The Kier molecular flexibility index (Phi) is 7.86. The van der Waals surface area contributed by atoms with Gasteiger partial charge in [0.25, 0.3) is 5.91 Å². The summed E-state index contributed by atoms with van der Waals surface area (Å²) < 4.78 is 4.95. The molecule has 1 heterocycles. The standard InChI is InChI=1S/C12H19N3O3.ClH/c1-9(12(17)15(3)7-6-13-2)14-11(16)10-5-4-8-18-10;/h4-5,8-9,13H,6-7H2,1-3H3,(H,14,16);1H. The van der Waals surface area contributed by atoms with Gasteiger partial charge in [0.2, 0.25) is 5.91 Å². The molecule has 1 rings (SSSR count). The molecule has 1 unspecified atom stereocenters. The molecule has 0 radical (unpaired) electrons. The van der Waals surface area contributed by atoms with E-state index in [0.29, 0.717) is 13.1 Å². The molecule has 0 bridgehead atoms. The van der Waals surface area contributed by atoms with Crippen molar-refractivity contribution in [2.45, 2.75) is 13.0 Å². The van der Waals surface area contributed by atoms with E-state index in [-0.39, 0.29) is 30.0 Å². The molecule has 7 heteroatoms. The van der Waals surface area contributed by atoms with Crippen molar-refractivity contribution >= 4 is 24.2 Å². The molecule has 0 spiro atoms. The van der Waals surface area contributed by atoms with Gasteiger partial charge in [-0.2, -0.15) is 0 Å². The third-order valence-corrected chi connectivity index (χ3v) is 2.54. The SMILES string of the molecule is CNCCN(C)C(=O)C(C)NC(=O)c1ccco1.Cl. The van der Waals surface area contributed by atoms with E-state index >= 15 is 0 Å². The van der Waals surface area contributed by atoms with Crippen LogP contribution in [0.2, 0.25) is 0 Å². The lowest BCUT2D eigenvalue weighted by Gasteiger charge is -2.21. The molecule has 0 fully saturated rings. The molecule has 0 saturated heterocycles. The molecule has 0 saturated carbocycles. The number of nitrogens with zero attached hydrogens (tertiary/aromatic N) is 1. The molecular formula is C12H20ClN3O3. The Morgan fingerprint density at radius 1 is 1.47 bits per heavy atom. The highest BCUT2D eigenvalue weighted by Gasteiger charge is 2.20. The topological polar surface area (TPSA) is 74.6 Å². The summed E-state index contributed by atoms with van der Waals surface area (Å²) in [5.74, 6) is -0.319. The lowest BCUT2D eigenvalue weighted by molar-refractivity contribution is -0.131. The van der Waals surface area contributed by atoms with Crippen molar-refractivity contribution in [3.05, 3.63) is 24.2 Å². The van der Waals surface area contributed by atoms with Gasteiger partial charge >= 0.3 is 0 Å². The van der Waals surface area contributed by atoms with Crippen LogP contribution >= 0.6 is 12.4 Å². The zero-order chi connectivity index (χ0) is 13.5. The van der Waals surface area contributed by atoms with Crippen molar-refractivity contribution in [2.75, 3.05) is 27.2 Å². The van der Waals surface area contributed by atoms with Crippen molar-refractivity contribution < 1.29 is 14.0 Å². The Balaban J connectivity index is 0.00000324. The summed E-state index contributed by atoms with van der Waals surface area (Å²) >= 11 is 0. The Morgan fingerprint density at radius 2 is 2.16 bits per heavy atom. The van der Waals surface area contributed by atoms with Crippen molar-refractivity contribution in [1.82, 2.24) is 15.5 Å². The summed E-state index contributed by atoms with van der Waals surface area (Å²) in [5, 5.41) is 5.55. The van der Waals surface area contributed by atoms with Gasteiger partial charge < -0.3 is 20.0 Å². The number of nitrogens with one attached hydrogen (secondary N) is 2. The van der Waals surface area contributed by atoms with Gasteiger partial charge in [0.15, 0.2) is 5.76 Å². The molecule has 0 aliphatic rings. The highest BCUT2D eigenvalue weighted by molar-refractivity contribution is 5.95. The van der Waals surface area contributed by atoms with Crippen molar-refractivity contribution in [3.8, 4) is 0 Å². The average Bonchev–Trinajstić information content (AvgIpc) is 2.88. The van der Waals surface area contributed by atoms with Gasteiger partial charge in [0.1, 0.15) is 6.04 Å². The summed E-state index contributed by atoms with van der Waals surface area (Å²) in [6.07, 6.45) is 1.42. The van der Waals surface area contributed by atoms with Crippen molar-refractivity contribution in [1.29, 1.82) is 0 Å². The molecule has 1 aromatic heterocycles. The summed E-state index contributed by atoms with van der Waals surface area (Å²) in [5.41, 5.74) is 0. The minimum absolute atomic E-state index is 0. The molecule has 1 aromatic rings. The van der Waals surface area contributed by atoms with E-state index in [0.717, 1.165) is 0 Å². The molecule has 19 heavy (non-hydrogen) atoms. The summed E-state index contributed by atoms with van der Waals surface area (Å²) in [7, 11) is 3.52. The van der Waals surface area contributed by atoms with Crippen LogP contribution in [-0.4, -0.2) is 49.9 Å². The zero-order valence-corrected chi connectivity index (χ0v) is 12.1. The monoisotopic (exact) mass is 289 g/mol. The second-order valence-electron chi connectivity index (χ2n) is 4.04. The average molecular weight is 290 g/mol. The lowest BCUT2D eigenvalue weighted by Crippen LogP contribution is -2.46. The molecule has 2 amide bonds. The lowest BCUT2D eigenvalue weighted by atomic mass is 10.2. The fraction of sp³-hybridized carbons (Fsp3) is 0.500. The first-order valence-corrected chi connectivity index (χ1v) is 5.80. The van der Waals surface area contributed by atoms with Crippen LogP contribution < -0.4 is 10.6 Å². The van der Waals surface area contributed by atoms with Crippen LogP contribution in [0.5, 0.6) is 0 Å². The molecule has 0 aliphatic heterocycles. The van der Waals surface area contributed by atoms with E-state index in [1.54, 1.807) is 31.0 Å². The summed E-state index contributed by atoms with van der Waals surface area (Å²) in [6, 6.07) is 2.60. The van der Waals surface area contributed by atoms with Crippen molar-refractivity contribution in [2.24, 2.45) is 0 Å². The van der Waals surface area contributed by atoms with Gasteiger partial charge in [-0.25, -0.2) is 0 Å². The van der Waals surface area contributed by atoms with Crippen LogP contribution in [0.3, 0.4) is 0 Å². The number of carbonyl (C=O) groups is 2. The molecule has 6 nitrogen and oxygen atoms in total. The predicted octanol–water partition coefficient (Wildman–Crippen LogP) is 0.498. The maximum absolute atomic E-state index is 11.9. The van der Waals surface area contributed by atoms with Crippen LogP contribution in [0.4, 0.5) is 0 Å². The molecule has 1 atom stereocenters. The fourth-order valence-electron chi connectivity index (χ4n) is 1.46. The Labute approximate surface area is 118 Å². The molecule has 0 aromatic carbocycles. The maximum Gasteiger partial charge on any atom is 0.287 e. The van der Waals surface area contributed by atoms with Gasteiger partial charge in [0, 0.05) is 20.1 Å². The van der Waals surface area contributed by atoms with E-state index in [1.165, 1.54) is 6.26 Å². The van der Waals surface area contributed by atoms with E-state index < -0.39 is 6.04 Å². The van der Waals surface area contributed by atoms with Gasteiger partial charge in [0.05, 0.1) is 6.26 Å². The first-order valence-electron chi connectivity index (χ1n) is 5.80. The van der Waals surface area contributed by atoms with Gasteiger partial charge in [-0.1, -0.05) is 0 Å². The Hall–Kier alpha value is -1.53. The zero-order valence-electron chi connectivity index (χ0n) is 11.3. The molecular weight excluding hydrogens is 270 g/mol. The second kappa shape index (κ2) is 8.55. The number of halogens is 1. The number of carbonyl (C=O) groups excluding carboxylic acids is 2. The number of furan rings is 1. The van der Waals surface area contributed by atoms with E-state index in [2.05, 4.69) is 10.6 Å². The van der Waals surface area contributed by atoms with Crippen LogP contribution in [0.1, 0.15) is 17.5 Å². The third-order valence-electron chi connectivity index (χ3n) is 2.54. The first-order chi connectivity index (χ1) is 8.56. The van der Waals surface area contributed by atoms with Crippen LogP contribution in [0, 0.1) is 0 Å². The number of rotatable bonds is 6. The van der Waals surface area contributed by atoms with Crippen LogP contribution in [0.15, 0.2) is 22.8 Å². The minimum atomic E-state index is -0.579. The van der Waals surface area contributed by atoms with Crippen LogP contribution in [0.25, 0.3) is 0 Å². The number of hydrogen-bond donors (Lipinski definition) is 2. The largest absolute Gasteiger partial charge is 0.459 e. The van der Waals surface area contributed by atoms with Crippen LogP contribution in [-0.2, 0) is 4.79 Å². The third kappa shape index (κ3) is 5.32. The van der Waals surface area contributed by atoms with Gasteiger partial charge in [-0.05, 0) is 26.1 Å². The Morgan fingerprint density at radius 3 is 2.68 bits per heavy atom.